The second-order valence-electron chi connectivity index (χ2n) is 8.23. The van der Waals surface area contributed by atoms with E-state index >= 15 is 0 Å². The van der Waals surface area contributed by atoms with Crippen LogP contribution in [-0.2, 0) is 29.6 Å². The van der Waals surface area contributed by atoms with Gasteiger partial charge in [-0.25, -0.2) is 16.8 Å². The van der Waals surface area contributed by atoms with Crippen LogP contribution in [0.3, 0.4) is 0 Å². The minimum atomic E-state index is -4.14. The molecule has 0 atom stereocenters. The van der Waals surface area contributed by atoms with Gasteiger partial charge in [-0.05, 0) is 54.6 Å². The topological polar surface area (TPSA) is 122 Å². The van der Waals surface area contributed by atoms with Gasteiger partial charge in [0.1, 0.15) is 12.3 Å². The molecule has 1 saturated heterocycles. The average molecular weight is 580 g/mol. The number of ether oxygens (including phenoxy) is 2. The molecule has 202 valence electrons. The van der Waals surface area contributed by atoms with Gasteiger partial charge >= 0.3 is 0 Å². The summed E-state index contributed by atoms with van der Waals surface area (Å²) in [5.41, 5.74) is 0.475. The zero-order valence-corrected chi connectivity index (χ0v) is 22.8. The van der Waals surface area contributed by atoms with Gasteiger partial charge in [0.25, 0.3) is 10.0 Å². The van der Waals surface area contributed by atoms with Gasteiger partial charge in [-0.1, -0.05) is 29.8 Å². The molecular formula is C25H26ClN3O7S2. The molecule has 4 rings (SSSR count). The molecule has 0 saturated carbocycles. The lowest BCUT2D eigenvalue weighted by molar-refractivity contribution is -0.114. The van der Waals surface area contributed by atoms with Gasteiger partial charge < -0.3 is 14.8 Å². The van der Waals surface area contributed by atoms with Gasteiger partial charge in [0.05, 0.1) is 40.8 Å². The summed E-state index contributed by atoms with van der Waals surface area (Å²) in [6.45, 7) is 0.627. The maximum atomic E-state index is 13.5. The van der Waals surface area contributed by atoms with Crippen LogP contribution in [0.4, 0.5) is 11.4 Å². The van der Waals surface area contributed by atoms with Gasteiger partial charge in [0.2, 0.25) is 15.9 Å². The van der Waals surface area contributed by atoms with Crippen molar-refractivity contribution in [3.8, 4) is 5.75 Å². The summed E-state index contributed by atoms with van der Waals surface area (Å²) < 4.78 is 65.3. The van der Waals surface area contributed by atoms with E-state index in [2.05, 4.69) is 5.32 Å². The lowest BCUT2D eigenvalue weighted by Crippen LogP contribution is -2.40. The fraction of sp³-hybridized carbons (Fsp3) is 0.240. The van der Waals surface area contributed by atoms with E-state index in [0.29, 0.717) is 24.7 Å². The quantitative estimate of drug-likeness (QED) is 0.413. The van der Waals surface area contributed by atoms with E-state index in [1.54, 1.807) is 18.2 Å². The second-order valence-corrected chi connectivity index (χ2v) is 12.4. The molecule has 1 heterocycles. The summed E-state index contributed by atoms with van der Waals surface area (Å²) in [5.74, 6) is -0.288. The Balaban J connectivity index is 1.56. The number of nitrogens with zero attached hydrogens (tertiary/aromatic N) is 2. The van der Waals surface area contributed by atoms with E-state index in [-0.39, 0.29) is 33.6 Å². The normalized spacial score (nSPS) is 14.6. The van der Waals surface area contributed by atoms with Crippen LogP contribution in [0.15, 0.2) is 82.6 Å². The summed E-state index contributed by atoms with van der Waals surface area (Å²) in [5, 5.41) is 2.81. The highest BCUT2D eigenvalue weighted by Gasteiger charge is 2.29. The first-order chi connectivity index (χ1) is 18.1. The minimum Gasteiger partial charge on any atom is -0.495 e. The molecule has 1 N–H and O–H groups in total. The van der Waals surface area contributed by atoms with Crippen molar-refractivity contribution in [2.75, 3.05) is 49.6 Å². The maximum Gasteiger partial charge on any atom is 0.264 e. The Kier molecular flexibility index (Phi) is 8.58. The third-order valence-electron chi connectivity index (χ3n) is 5.79. The number of halogens is 1. The number of nitrogens with one attached hydrogen (secondary N) is 1. The molecule has 1 amide bonds. The van der Waals surface area contributed by atoms with E-state index in [9.17, 15) is 21.6 Å². The summed E-state index contributed by atoms with van der Waals surface area (Å²) in [6.07, 6.45) is 0. The molecule has 0 aromatic heterocycles. The lowest BCUT2D eigenvalue weighted by atomic mass is 10.3. The first-order valence-electron chi connectivity index (χ1n) is 11.5. The fourth-order valence-corrected chi connectivity index (χ4v) is 6.92. The summed E-state index contributed by atoms with van der Waals surface area (Å²) in [4.78, 5) is 13.1. The van der Waals surface area contributed by atoms with Crippen molar-refractivity contribution >= 4 is 48.9 Å². The molecule has 38 heavy (non-hydrogen) atoms. The molecule has 10 nitrogen and oxygen atoms in total. The average Bonchev–Trinajstić information content (AvgIpc) is 2.93. The van der Waals surface area contributed by atoms with Gasteiger partial charge in [0, 0.05) is 18.8 Å². The largest absolute Gasteiger partial charge is 0.495 e. The van der Waals surface area contributed by atoms with E-state index in [0.717, 1.165) is 4.31 Å². The number of benzene rings is 3. The summed E-state index contributed by atoms with van der Waals surface area (Å²) in [6, 6.07) is 17.8. The lowest BCUT2D eigenvalue weighted by Gasteiger charge is -2.26. The number of morpholine rings is 1. The zero-order valence-electron chi connectivity index (χ0n) is 20.4. The van der Waals surface area contributed by atoms with Crippen molar-refractivity contribution in [1.29, 1.82) is 0 Å². The molecule has 1 aliphatic rings. The van der Waals surface area contributed by atoms with E-state index in [4.69, 9.17) is 21.1 Å². The van der Waals surface area contributed by atoms with Crippen molar-refractivity contribution in [3.05, 3.63) is 77.8 Å². The van der Waals surface area contributed by atoms with Crippen molar-refractivity contribution in [2.45, 2.75) is 9.79 Å². The molecule has 1 aliphatic heterocycles. The van der Waals surface area contributed by atoms with Gasteiger partial charge in [0.15, 0.2) is 0 Å². The van der Waals surface area contributed by atoms with Gasteiger partial charge in [-0.2, -0.15) is 4.31 Å². The standard InChI is InChI=1S/C25H26ClN3O7S2/c1-35-24-12-9-20(17-23(24)26)29(38(33,34)21-5-3-2-4-6-21)18-25(30)27-19-7-10-22(11-8-19)37(31,32)28-13-15-36-16-14-28/h2-12,17H,13-16,18H2,1H3,(H,27,30). The smallest absolute Gasteiger partial charge is 0.264 e. The van der Waals surface area contributed by atoms with E-state index < -0.39 is 32.5 Å². The number of methoxy groups -OCH3 is 1. The van der Waals surface area contributed by atoms with Crippen LogP contribution in [0.1, 0.15) is 0 Å². The first kappa shape index (κ1) is 27.9. The third kappa shape index (κ3) is 6.11. The summed E-state index contributed by atoms with van der Waals surface area (Å²) >= 11 is 6.24. The molecule has 1 fully saturated rings. The number of sulfonamides is 2. The Hall–Kier alpha value is -3.16. The molecule has 3 aromatic rings. The van der Waals surface area contributed by atoms with E-state index in [1.807, 2.05) is 0 Å². The van der Waals surface area contributed by atoms with Crippen LogP contribution in [0.25, 0.3) is 0 Å². The zero-order chi connectivity index (χ0) is 27.3. The molecule has 0 spiro atoms. The minimum absolute atomic E-state index is 0.00240. The molecule has 0 bridgehead atoms. The number of carbonyl (C=O) groups is 1. The van der Waals surface area contributed by atoms with Crippen LogP contribution in [0.5, 0.6) is 5.75 Å². The van der Waals surface area contributed by atoms with Crippen LogP contribution in [0, 0.1) is 0 Å². The van der Waals surface area contributed by atoms with Crippen molar-refractivity contribution < 1.29 is 31.1 Å². The monoisotopic (exact) mass is 579 g/mol. The van der Waals surface area contributed by atoms with Crippen molar-refractivity contribution in [3.63, 3.8) is 0 Å². The highest BCUT2D eigenvalue weighted by atomic mass is 35.5. The number of amides is 1. The van der Waals surface area contributed by atoms with Crippen LogP contribution in [0.2, 0.25) is 5.02 Å². The first-order valence-corrected chi connectivity index (χ1v) is 14.8. The Labute approximate surface area is 226 Å². The molecule has 0 unspecified atom stereocenters. The third-order valence-corrected chi connectivity index (χ3v) is 9.78. The number of carbonyl (C=O) groups excluding carboxylic acids is 1. The Morgan fingerprint density at radius 1 is 0.974 bits per heavy atom. The number of rotatable bonds is 9. The van der Waals surface area contributed by atoms with Crippen LogP contribution in [-0.4, -0.2) is 67.0 Å². The van der Waals surface area contributed by atoms with E-state index in [1.165, 1.54) is 66.0 Å². The van der Waals surface area contributed by atoms with Crippen LogP contribution < -0.4 is 14.4 Å². The SMILES string of the molecule is COc1ccc(N(CC(=O)Nc2ccc(S(=O)(=O)N3CCOCC3)cc2)S(=O)(=O)c2ccccc2)cc1Cl. The Morgan fingerprint density at radius 2 is 1.63 bits per heavy atom. The molecule has 0 aliphatic carbocycles. The predicted molar refractivity (Wildman–Crippen MR) is 144 cm³/mol. The highest BCUT2D eigenvalue weighted by Crippen LogP contribution is 2.32. The molecule has 0 radical (unpaired) electrons. The van der Waals surface area contributed by atoms with Gasteiger partial charge in [-0.3, -0.25) is 9.10 Å². The summed E-state index contributed by atoms with van der Waals surface area (Å²) in [7, 11) is -6.40. The molecular weight excluding hydrogens is 554 g/mol. The van der Waals surface area contributed by atoms with Crippen LogP contribution >= 0.6 is 11.6 Å². The highest BCUT2D eigenvalue weighted by molar-refractivity contribution is 7.92. The number of anilines is 2. The Bertz CT molecular complexity index is 1490. The number of hydrogen-bond acceptors (Lipinski definition) is 7. The molecule has 13 heteroatoms. The molecule has 3 aromatic carbocycles. The van der Waals surface area contributed by atoms with Crippen molar-refractivity contribution in [2.24, 2.45) is 0 Å². The second kappa shape index (κ2) is 11.7. The maximum absolute atomic E-state index is 13.5. The fourth-order valence-electron chi connectivity index (χ4n) is 3.82. The Morgan fingerprint density at radius 3 is 2.24 bits per heavy atom. The van der Waals surface area contributed by atoms with Gasteiger partial charge in [-0.15, -0.1) is 0 Å². The van der Waals surface area contributed by atoms with Crippen molar-refractivity contribution in [1.82, 2.24) is 4.31 Å². The predicted octanol–water partition coefficient (Wildman–Crippen LogP) is 3.20. The number of hydrogen-bond donors (Lipinski definition) is 1.